The quantitative estimate of drug-likeness (QED) is 0.621. The van der Waals surface area contributed by atoms with Crippen LogP contribution in [-0.4, -0.2) is 14.5 Å². The van der Waals surface area contributed by atoms with E-state index in [-0.39, 0.29) is 11.0 Å². The van der Waals surface area contributed by atoms with Gasteiger partial charge in [-0.1, -0.05) is 31.2 Å². The maximum atomic E-state index is 12.1. The van der Waals surface area contributed by atoms with E-state index in [1.54, 1.807) is 12.1 Å². The van der Waals surface area contributed by atoms with Crippen LogP contribution >= 0.6 is 0 Å². The van der Waals surface area contributed by atoms with Crippen LogP contribution in [0.1, 0.15) is 31.7 Å². The standard InChI is InChI=1S/C14H18O3S/c1-2-12-8-10-14(11-9-12)18(15,16)17-13-6-4-3-5-7-13/h3-4,8-11,13H,2,5-7H2,1H3. The Balaban J connectivity index is 2.11. The molecule has 2 rings (SSSR count). The van der Waals surface area contributed by atoms with Crippen LogP contribution in [0.3, 0.4) is 0 Å². The van der Waals surface area contributed by atoms with Gasteiger partial charge in [-0.15, -0.1) is 0 Å². The molecule has 1 aliphatic rings. The number of benzene rings is 1. The van der Waals surface area contributed by atoms with Crippen molar-refractivity contribution >= 4 is 10.1 Å². The topological polar surface area (TPSA) is 43.4 Å². The van der Waals surface area contributed by atoms with Crippen molar-refractivity contribution in [3.8, 4) is 0 Å². The molecular weight excluding hydrogens is 248 g/mol. The Morgan fingerprint density at radius 2 is 1.94 bits per heavy atom. The molecule has 0 heterocycles. The predicted molar refractivity (Wildman–Crippen MR) is 70.9 cm³/mol. The van der Waals surface area contributed by atoms with E-state index in [9.17, 15) is 8.42 Å². The molecule has 1 atom stereocenters. The van der Waals surface area contributed by atoms with E-state index < -0.39 is 10.1 Å². The average Bonchev–Trinajstić information content (AvgIpc) is 2.39. The summed E-state index contributed by atoms with van der Waals surface area (Å²) in [6.07, 6.45) is 7.04. The molecule has 0 amide bonds. The molecule has 0 aliphatic heterocycles. The van der Waals surface area contributed by atoms with Gasteiger partial charge in [-0.05, 0) is 43.4 Å². The predicted octanol–water partition coefficient (Wildman–Crippen LogP) is 3.06. The van der Waals surface area contributed by atoms with E-state index in [1.165, 1.54) is 0 Å². The summed E-state index contributed by atoms with van der Waals surface area (Å²) in [5.41, 5.74) is 1.12. The lowest BCUT2D eigenvalue weighted by atomic mass is 10.1. The second kappa shape index (κ2) is 5.67. The highest BCUT2D eigenvalue weighted by molar-refractivity contribution is 7.86. The van der Waals surface area contributed by atoms with E-state index in [1.807, 2.05) is 25.1 Å². The highest BCUT2D eigenvalue weighted by Crippen LogP contribution is 2.21. The molecule has 1 unspecified atom stereocenters. The normalized spacial score (nSPS) is 19.9. The molecule has 0 N–H and O–H groups in total. The molecule has 4 heteroatoms. The third kappa shape index (κ3) is 3.21. The minimum atomic E-state index is -3.62. The summed E-state index contributed by atoms with van der Waals surface area (Å²) < 4.78 is 29.4. The molecule has 18 heavy (non-hydrogen) atoms. The lowest BCUT2D eigenvalue weighted by Gasteiger charge is -2.18. The molecule has 0 fully saturated rings. The summed E-state index contributed by atoms with van der Waals surface area (Å²) in [6.45, 7) is 2.04. The molecule has 1 aromatic carbocycles. The largest absolute Gasteiger partial charge is 0.297 e. The van der Waals surface area contributed by atoms with Crippen molar-refractivity contribution in [2.75, 3.05) is 0 Å². The molecule has 0 radical (unpaired) electrons. The molecule has 98 valence electrons. The van der Waals surface area contributed by atoms with Gasteiger partial charge in [0.05, 0.1) is 11.0 Å². The van der Waals surface area contributed by atoms with Crippen molar-refractivity contribution in [1.82, 2.24) is 0 Å². The van der Waals surface area contributed by atoms with E-state index in [0.29, 0.717) is 6.42 Å². The molecule has 0 saturated carbocycles. The van der Waals surface area contributed by atoms with Crippen LogP contribution < -0.4 is 0 Å². The molecule has 0 bridgehead atoms. The lowest BCUT2D eigenvalue weighted by molar-refractivity contribution is 0.198. The van der Waals surface area contributed by atoms with Crippen LogP contribution in [0.15, 0.2) is 41.3 Å². The summed E-state index contributed by atoms with van der Waals surface area (Å²) in [4.78, 5) is 0.245. The van der Waals surface area contributed by atoms with Crippen LogP contribution in [0.2, 0.25) is 0 Å². The molecule has 3 nitrogen and oxygen atoms in total. The second-order valence-electron chi connectivity index (χ2n) is 4.45. The number of aryl methyl sites for hydroxylation is 1. The number of rotatable bonds is 4. The van der Waals surface area contributed by atoms with Crippen molar-refractivity contribution in [2.45, 2.75) is 43.6 Å². The Morgan fingerprint density at radius 3 is 2.50 bits per heavy atom. The average molecular weight is 266 g/mol. The van der Waals surface area contributed by atoms with Gasteiger partial charge in [0.2, 0.25) is 0 Å². The first-order chi connectivity index (χ1) is 8.62. The summed E-state index contributed by atoms with van der Waals surface area (Å²) in [6, 6.07) is 6.90. The van der Waals surface area contributed by atoms with Crippen LogP contribution in [-0.2, 0) is 20.7 Å². The fraction of sp³-hybridized carbons (Fsp3) is 0.429. The van der Waals surface area contributed by atoms with Crippen LogP contribution in [0, 0.1) is 0 Å². The van der Waals surface area contributed by atoms with Crippen LogP contribution in [0.5, 0.6) is 0 Å². The zero-order valence-electron chi connectivity index (χ0n) is 10.5. The van der Waals surface area contributed by atoms with Gasteiger partial charge in [-0.2, -0.15) is 8.42 Å². The first-order valence-electron chi connectivity index (χ1n) is 6.29. The Hall–Kier alpha value is -1.13. The van der Waals surface area contributed by atoms with E-state index in [2.05, 4.69) is 6.08 Å². The van der Waals surface area contributed by atoms with Crippen molar-refractivity contribution < 1.29 is 12.6 Å². The Kier molecular flexibility index (Phi) is 4.19. The highest BCUT2D eigenvalue weighted by Gasteiger charge is 2.21. The zero-order chi connectivity index (χ0) is 13.0. The van der Waals surface area contributed by atoms with E-state index in [4.69, 9.17) is 4.18 Å². The maximum absolute atomic E-state index is 12.1. The monoisotopic (exact) mass is 266 g/mol. The number of hydrogen-bond donors (Lipinski definition) is 0. The third-order valence-corrected chi connectivity index (χ3v) is 4.48. The highest BCUT2D eigenvalue weighted by atomic mass is 32.2. The lowest BCUT2D eigenvalue weighted by Crippen LogP contribution is -2.19. The minimum Gasteiger partial charge on any atom is -0.263 e. The minimum absolute atomic E-state index is 0.217. The van der Waals surface area contributed by atoms with Gasteiger partial charge in [0.15, 0.2) is 0 Å². The number of allylic oxidation sites excluding steroid dienone is 1. The molecule has 0 saturated heterocycles. The smallest absolute Gasteiger partial charge is 0.263 e. The molecule has 0 aromatic heterocycles. The van der Waals surface area contributed by atoms with Gasteiger partial charge in [0.1, 0.15) is 0 Å². The summed E-state index contributed by atoms with van der Waals surface area (Å²) in [7, 11) is -3.62. The fourth-order valence-corrected chi connectivity index (χ4v) is 3.09. The Bertz CT molecular complexity index is 514. The zero-order valence-corrected chi connectivity index (χ0v) is 11.3. The summed E-state index contributed by atoms with van der Waals surface area (Å²) in [5.74, 6) is 0. The first kappa shape index (κ1) is 13.3. The Morgan fingerprint density at radius 1 is 1.22 bits per heavy atom. The number of hydrogen-bond acceptors (Lipinski definition) is 3. The fourth-order valence-electron chi connectivity index (χ4n) is 1.98. The first-order valence-corrected chi connectivity index (χ1v) is 7.70. The Labute approximate surface area is 109 Å². The van der Waals surface area contributed by atoms with E-state index in [0.717, 1.165) is 24.8 Å². The second-order valence-corrected chi connectivity index (χ2v) is 6.03. The van der Waals surface area contributed by atoms with Crippen LogP contribution in [0.25, 0.3) is 0 Å². The van der Waals surface area contributed by atoms with Gasteiger partial charge < -0.3 is 0 Å². The van der Waals surface area contributed by atoms with Crippen molar-refractivity contribution in [2.24, 2.45) is 0 Å². The van der Waals surface area contributed by atoms with Gasteiger partial charge >= 0.3 is 0 Å². The molecule has 1 aliphatic carbocycles. The maximum Gasteiger partial charge on any atom is 0.297 e. The summed E-state index contributed by atoms with van der Waals surface area (Å²) >= 11 is 0. The van der Waals surface area contributed by atoms with Crippen molar-refractivity contribution in [3.63, 3.8) is 0 Å². The molecule has 1 aromatic rings. The van der Waals surface area contributed by atoms with Gasteiger partial charge in [-0.3, -0.25) is 4.18 Å². The van der Waals surface area contributed by atoms with Gasteiger partial charge in [-0.25, -0.2) is 0 Å². The molecule has 0 spiro atoms. The van der Waals surface area contributed by atoms with E-state index >= 15 is 0 Å². The van der Waals surface area contributed by atoms with Gasteiger partial charge in [0.25, 0.3) is 10.1 Å². The third-order valence-electron chi connectivity index (χ3n) is 3.10. The van der Waals surface area contributed by atoms with Crippen molar-refractivity contribution in [1.29, 1.82) is 0 Å². The summed E-state index contributed by atoms with van der Waals surface area (Å²) in [5, 5.41) is 0. The van der Waals surface area contributed by atoms with Crippen molar-refractivity contribution in [3.05, 3.63) is 42.0 Å². The van der Waals surface area contributed by atoms with Gasteiger partial charge in [0, 0.05) is 0 Å². The SMILES string of the molecule is CCc1ccc(S(=O)(=O)OC2CC=CCC2)cc1. The molecular formula is C14H18O3S. The van der Waals surface area contributed by atoms with Crippen LogP contribution in [0.4, 0.5) is 0 Å².